The molecule has 0 spiro atoms. The van der Waals surface area contributed by atoms with Crippen molar-refractivity contribution in [3.05, 3.63) is 83.3 Å². The molecule has 0 saturated carbocycles. The van der Waals surface area contributed by atoms with Gasteiger partial charge in [-0.05, 0) is 36.4 Å². The average molecular weight is 397 g/mol. The summed E-state index contributed by atoms with van der Waals surface area (Å²) >= 11 is 0. The minimum atomic E-state index is -0.281. The molecule has 30 heavy (non-hydrogen) atoms. The number of anilines is 1. The standard InChI is InChI=1S/C23H19N5O2/c1-27-19-12-6-7-13-20(19)28(23(27)30)14-21(29)24-16-9-3-2-8-15(16)22-25-17-10-4-5-11-18(17)26-22/h2-13H,14H2,1H3,(H,24,29)(H,25,26). The second-order valence-corrected chi connectivity index (χ2v) is 7.11. The normalized spacial score (nSPS) is 11.2. The van der Waals surface area contributed by atoms with E-state index in [1.807, 2.05) is 72.8 Å². The third-order valence-corrected chi connectivity index (χ3v) is 5.20. The monoisotopic (exact) mass is 397 g/mol. The van der Waals surface area contributed by atoms with E-state index in [0.29, 0.717) is 11.5 Å². The Morgan fingerprint density at radius 2 is 1.67 bits per heavy atom. The Morgan fingerprint density at radius 1 is 0.967 bits per heavy atom. The molecule has 0 unspecified atom stereocenters. The lowest BCUT2D eigenvalue weighted by atomic mass is 10.1. The summed E-state index contributed by atoms with van der Waals surface area (Å²) in [5.41, 5.74) is 4.50. The van der Waals surface area contributed by atoms with E-state index < -0.39 is 0 Å². The zero-order valence-corrected chi connectivity index (χ0v) is 16.3. The predicted molar refractivity (Wildman–Crippen MR) is 117 cm³/mol. The summed E-state index contributed by atoms with van der Waals surface area (Å²) in [5.74, 6) is 0.395. The lowest BCUT2D eigenvalue weighted by molar-refractivity contribution is -0.116. The van der Waals surface area contributed by atoms with Crippen LogP contribution in [0, 0.1) is 0 Å². The van der Waals surface area contributed by atoms with Gasteiger partial charge in [0, 0.05) is 12.6 Å². The van der Waals surface area contributed by atoms with Gasteiger partial charge in [0.05, 0.1) is 27.8 Å². The maximum absolute atomic E-state index is 12.8. The second-order valence-electron chi connectivity index (χ2n) is 7.11. The molecule has 0 radical (unpaired) electrons. The van der Waals surface area contributed by atoms with Gasteiger partial charge in [-0.1, -0.05) is 36.4 Å². The van der Waals surface area contributed by atoms with E-state index in [1.54, 1.807) is 11.6 Å². The van der Waals surface area contributed by atoms with Crippen molar-refractivity contribution < 1.29 is 4.79 Å². The Bertz CT molecular complexity index is 1420. The highest BCUT2D eigenvalue weighted by atomic mass is 16.2. The molecule has 0 saturated heterocycles. The van der Waals surface area contributed by atoms with E-state index in [9.17, 15) is 9.59 Å². The van der Waals surface area contributed by atoms with Gasteiger partial charge in [0.15, 0.2) is 0 Å². The fourth-order valence-corrected chi connectivity index (χ4v) is 3.73. The maximum Gasteiger partial charge on any atom is 0.329 e. The first-order chi connectivity index (χ1) is 14.6. The molecule has 0 aliphatic carbocycles. The molecule has 3 aromatic carbocycles. The quantitative estimate of drug-likeness (QED) is 0.487. The Hall–Kier alpha value is -4.13. The van der Waals surface area contributed by atoms with Gasteiger partial charge < -0.3 is 10.3 Å². The molecule has 0 atom stereocenters. The van der Waals surface area contributed by atoms with E-state index in [1.165, 1.54) is 4.57 Å². The van der Waals surface area contributed by atoms with Crippen molar-refractivity contribution in [3.63, 3.8) is 0 Å². The molecule has 0 bridgehead atoms. The Kier molecular flexibility index (Phi) is 4.21. The number of aromatic nitrogens is 4. The number of imidazole rings is 2. The topological polar surface area (TPSA) is 84.7 Å². The van der Waals surface area contributed by atoms with Crippen LogP contribution in [0.1, 0.15) is 0 Å². The van der Waals surface area contributed by atoms with Crippen molar-refractivity contribution in [3.8, 4) is 11.4 Å². The van der Waals surface area contributed by atoms with Crippen LogP contribution in [0.4, 0.5) is 5.69 Å². The first-order valence-corrected chi connectivity index (χ1v) is 9.60. The van der Waals surface area contributed by atoms with E-state index in [4.69, 9.17) is 0 Å². The highest BCUT2D eigenvalue weighted by Gasteiger charge is 2.15. The predicted octanol–water partition coefficient (Wildman–Crippen LogP) is 3.52. The van der Waals surface area contributed by atoms with Gasteiger partial charge >= 0.3 is 5.69 Å². The first-order valence-electron chi connectivity index (χ1n) is 9.60. The van der Waals surface area contributed by atoms with Crippen molar-refractivity contribution >= 4 is 33.7 Å². The van der Waals surface area contributed by atoms with Gasteiger partial charge in [-0.15, -0.1) is 0 Å². The molecule has 0 aliphatic heterocycles. The van der Waals surface area contributed by atoms with E-state index in [2.05, 4.69) is 15.3 Å². The van der Waals surface area contributed by atoms with Gasteiger partial charge in [0.2, 0.25) is 5.91 Å². The minimum Gasteiger partial charge on any atom is -0.338 e. The second kappa shape index (κ2) is 7.04. The average Bonchev–Trinajstić information content (AvgIpc) is 3.30. The van der Waals surface area contributed by atoms with Crippen LogP contribution in [0.2, 0.25) is 0 Å². The van der Waals surface area contributed by atoms with Gasteiger partial charge in [-0.2, -0.15) is 0 Å². The van der Waals surface area contributed by atoms with Crippen LogP contribution in [0.5, 0.6) is 0 Å². The van der Waals surface area contributed by atoms with Crippen molar-refractivity contribution in [2.24, 2.45) is 7.05 Å². The summed E-state index contributed by atoms with van der Waals surface area (Å²) < 4.78 is 3.03. The number of nitrogens with one attached hydrogen (secondary N) is 2. The van der Waals surface area contributed by atoms with Gasteiger partial charge in [0.25, 0.3) is 0 Å². The van der Waals surface area contributed by atoms with Crippen LogP contribution >= 0.6 is 0 Å². The molecule has 2 N–H and O–H groups in total. The number of hydrogen-bond donors (Lipinski definition) is 2. The summed E-state index contributed by atoms with van der Waals surface area (Å²) in [7, 11) is 1.70. The molecule has 5 aromatic rings. The van der Waals surface area contributed by atoms with E-state index in [-0.39, 0.29) is 18.1 Å². The molecular formula is C23H19N5O2. The lowest BCUT2D eigenvalue weighted by Gasteiger charge is -2.10. The molecule has 0 fully saturated rings. The number of H-pyrrole nitrogens is 1. The van der Waals surface area contributed by atoms with Crippen LogP contribution in [-0.4, -0.2) is 25.0 Å². The van der Waals surface area contributed by atoms with Crippen molar-refractivity contribution in [1.82, 2.24) is 19.1 Å². The SMILES string of the molecule is Cn1c(=O)n(CC(=O)Nc2ccccc2-c2nc3ccccc3[nH]2)c2ccccc21. The molecule has 1 amide bonds. The number of fused-ring (bicyclic) bond motifs is 2. The molecule has 148 valence electrons. The number of carbonyl (C=O) groups is 1. The summed E-state index contributed by atoms with van der Waals surface area (Å²) in [4.78, 5) is 33.3. The van der Waals surface area contributed by atoms with Crippen molar-refractivity contribution in [1.29, 1.82) is 0 Å². The molecule has 0 aliphatic rings. The van der Waals surface area contributed by atoms with Gasteiger partial charge in [0.1, 0.15) is 12.4 Å². The number of carbonyl (C=O) groups excluding carboxylic acids is 1. The largest absolute Gasteiger partial charge is 0.338 e. The van der Waals surface area contributed by atoms with E-state index >= 15 is 0 Å². The number of aryl methyl sites for hydroxylation is 1. The molecular weight excluding hydrogens is 378 g/mol. The first kappa shape index (κ1) is 17.9. The third-order valence-electron chi connectivity index (χ3n) is 5.20. The minimum absolute atomic E-state index is 0.0748. The number of rotatable bonds is 4. The van der Waals surface area contributed by atoms with Gasteiger partial charge in [-0.25, -0.2) is 9.78 Å². The van der Waals surface area contributed by atoms with Gasteiger partial charge in [-0.3, -0.25) is 13.9 Å². The lowest BCUT2D eigenvalue weighted by Crippen LogP contribution is -2.28. The van der Waals surface area contributed by atoms with Crippen LogP contribution in [0.3, 0.4) is 0 Å². The zero-order valence-electron chi connectivity index (χ0n) is 16.3. The Morgan fingerprint density at radius 3 is 2.50 bits per heavy atom. The highest BCUT2D eigenvalue weighted by Crippen LogP contribution is 2.27. The number of aromatic amines is 1. The van der Waals surface area contributed by atoms with Crippen molar-refractivity contribution in [2.45, 2.75) is 6.54 Å². The maximum atomic E-state index is 12.8. The number of para-hydroxylation sites is 5. The number of amides is 1. The molecule has 7 heteroatoms. The van der Waals surface area contributed by atoms with Crippen LogP contribution < -0.4 is 11.0 Å². The molecule has 5 rings (SSSR count). The number of hydrogen-bond acceptors (Lipinski definition) is 3. The summed E-state index contributed by atoms with van der Waals surface area (Å²) in [6.45, 7) is -0.0748. The summed E-state index contributed by atoms with van der Waals surface area (Å²) in [5, 5.41) is 2.94. The van der Waals surface area contributed by atoms with Crippen LogP contribution in [-0.2, 0) is 18.4 Å². The fourth-order valence-electron chi connectivity index (χ4n) is 3.73. The Balaban J connectivity index is 1.47. The smallest absolute Gasteiger partial charge is 0.329 e. The zero-order chi connectivity index (χ0) is 20.7. The number of benzene rings is 3. The molecule has 2 heterocycles. The Labute approximate surface area is 171 Å². The van der Waals surface area contributed by atoms with Crippen molar-refractivity contribution in [2.75, 3.05) is 5.32 Å². The van der Waals surface area contributed by atoms with Crippen LogP contribution in [0.15, 0.2) is 77.6 Å². The fraction of sp³-hybridized carbons (Fsp3) is 0.0870. The third kappa shape index (κ3) is 2.97. The highest BCUT2D eigenvalue weighted by molar-refractivity contribution is 5.96. The van der Waals surface area contributed by atoms with E-state index in [0.717, 1.165) is 27.6 Å². The molecule has 7 nitrogen and oxygen atoms in total. The van der Waals surface area contributed by atoms with Crippen LogP contribution in [0.25, 0.3) is 33.5 Å². The molecule has 2 aromatic heterocycles. The summed E-state index contributed by atoms with van der Waals surface area (Å²) in [6.07, 6.45) is 0. The summed E-state index contributed by atoms with van der Waals surface area (Å²) in [6, 6.07) is 22.7. The number of nitrogens with zero attached hydrogens (tertiary/aromatic N) is 3.